The minimum atomic E-state index is 0.197. The number of hydrogen-bond donors (Lipinski definition) is 1. The minimum absolute atomic E-state index is 0.197. The first kappa shape index (κ1) is 9.67. The molecular weight excluding hydrogens is 200 g/mol. The molecule has 0 saturated carbocycles. The van der Waals surface area contributed by atoms with Crippen LogP contribution in [0.3, 0.4) is 0 Å². The highest BCUT2D eigenvalue weighted by Gasteiger charge is 2.20. The van der Waals surface area contributed by atoms with Crippen LogP contribution < -0.4 is 4.74 Å². The van der Waals surface area contributed by atoms with Crippen LogP contribution in [0, 0.1) is 5.92 Å². The molecule has 2 nitrogen and oxygen atoms in total. The van der Waals surface area contributed by atoms with Crippen molar-refractivity contribution in [3.05, 3.63) is 42.0 Å². The molecule has 1 aliphatic heterocycles. The van der Waals surface area contributed by atoms with Crippen LogP contribution in [0.25, 0.3) is 10.8 Å². The second-order valence-corrected chi connectivity index (χ2v) is 4.33. The first-order valence-electron chi connectivity index (χ1n) is 5.63. The van der Waals surface area contributed by atoms with Crippen LogP contribution in [0.1, 0.15) is 5.56 Å². The standard InChI is InChI=1S/C14H14O2/c15-8-10-7-13-12-4-2-1-3-11(12)5-6-14(13)16-9-10/h1-6,10,15H,7-9H2. The van der Waals surface area contributed by atoms with Crippen LogP contribution in [0.5, 0.6) is 5.75 Å². The third-order valence-electron chi connectivity index (χ3n) is 3.22. The van der Waals surface area contributed by atoms with E-state index in [1.165, 1.54) is 16.3 Å². The van der Waals surface area contributed by atoms with Gasteiger partial charge in [0.25, 0.3) is 0 Å². The van der Waals surface area contributed by atoms with Gasteiger partial charge < -0.3 is 9.84 Å². The first-order chi connectivity index (χ1) is 7.88. The van der Waals surface area contributed by atoms with E-state index in [4.69, 9.17) is 4.74 Å². The van der Waals surface area contributed by atoms with Crippen molar-refractivity contribution in [2.75, 3.05) is 13.2 Å². The Bertz CT molecular complexity index is 519. The molecule has 0 fully saturated rings. The SMILES string of the molecule is OCC1COc2ccc3ccccc3c2C1. The van der Waals surface area contributed by atoms with Crippen LogP contribution >= 0.6 is 0 Å². The molecule has 1 aliphatic rings. The van der Waals surface area contributed by atoms with E-state index in [2.05, 4.69) is 18.2 Å². The van der Waals surface area contributed by atoms with Crippen molar-refractivity contribution in [2.45, 2.75) is 6.42 Å². The van der Waals surface area contributed by atoms with Gasteiger partial charge in [0.15, 0.2) is 0 Å². The minimum Gasteiger partial charge on any atom is -0.493 e. The second-order valence-electron chi connectivity index (χ2n) is 4.33. The molecule has 0 amide bonds. The van der Waals surface area contributed by atoms with Crippen LogP contribution in [0.2, 0.25) is 0 Å². The summed E-state index contributed by atoms with van der Waals surface area (Å²) in [5.74, 6) is 1.21. The zero-order valence-corrected chi connectivity index (χ0v) is 9.02. The monoisotopic (exact) mass is 214 g/mol. The summed E-state index contributed by atoms with van der Waals surface area (Å²) >= 11 is 0. The van der Waals surface area contributed by atoms with Gasteiger partial charge >= 0.3 is 0 Å². The molecule has 0 bridgehead atoms. The fraction of sp³-hybridized carbons (Fsp3) is 0.286. The molecule has 0 aliphatic carbocycles. The number of ether oxygens (including phenoxy) is 1. The topological polar surface area (TPSA) is 29.5 Å². The Morgan fingerprint density at radius 2 is 2.06 bits per heavy atom. The van der Waals surface area contributed by atoms with Gasteiger partial charge in [0, 0.05) is 18.1 Å². The van der Waals surface area contributed by atoms with Gasteiger partial charge in [-0.3, -0.25) is 0 Å². The normalized spacial score (nSPS) is 19.2. The van der Waals surface area contributed by atoms with Gasteiger partial charge in [-0.1, -0.05) is 30.3 Å². The second kappa shape index (κ2) is 3.80. The summed E-state index contributed by atoms with van der Waals surface area (Å²) in [5.41, 5.74) is 1.24. The lowest BCUT2D eigenvalue weighted by molar-refractivity contribution is 0.147. The molecular formula is C14H14O2. The number of fused-ring (bicyclic) bond motifs is 3. The summed E-state index contributed by atoms with van der Waals surface area (Å²) < 4.78 is 5.68. The van der Waals surface area contributed by atoms with E-state index in [0.717, 1.165) is 12.2 Å². The Hall–Kier alpha value is -1.54. The summed E-state index contributed by atoms with van der Waals surface area (Å²) in [6, 6.07) is 12.4. The van der Waals surface area contributed by atoms with Crippen molar-refractivity contribution in [3.63, 3.8) is 0 Å². The molecule has 0 saturated heterocycles. The van der Waals surface area contributed by atoms with Crippen molar-refractivity contribution in [2.24, 2.45) is 5.92 Å². The van der Waals surface area contributed by atoms with Gasteiger partial charge in [-0.15, -0.1) is 0 Å². The molecule has 1 atom stereocenters. The van der Waals surface area contributed by atoms with Crippen LogP contribution in [0.4, 0.5) is 0 Å². The highest BCUT2D eigenvalue weighted by molar-refractivity contribution is 5.87. The predicted molar refractivity (Wildman–Crippen MR) is 63.7 cm³/mol. The number of rotatable bonds is 1. The average molecular weight is 214 g/mol. The Morgan fingerprint density at radius 3 is 2.94 bits per heavy atom. The molecule has 2 aromatic carbocycles. The molecule has 1 N–H and O–H groups in total. The van der Waals surface area contributed by atoms with E-state index in [1.54, 1.807) is 0 Å². The van der Waals surface area contributed by atoms with Gasteiger partial charge in [-0.05, 0) is 23.3 Å². The third-order valence-corrected chi connectivity index (χ3v) is 3.22. The number of benzene rings is 2. The Kier molecular flexibility index (Phi) is 2.29. The fourth-order valence-corrected chi connectivity index (χ4v) is 2.33. The van der Waals surface area contributed by atoms with Crippen molar-refractivity contribution in [1.29, 1.82) is 0 Å². The molecule has 2 aromatic rings. The Balaban J connectivity index is 2.17. The molecule has 3 rings (SSSR count). The largest absolute Gasteiger partial charge is 0.493 e. The van der Waals surface area contributed by atoms with Crippen molar-refractivity contribution in [3.8, 4) is 5.75 Å². The Labute approximate surface area is 94.5 Å². The van der Waals surface area contributed by atoms with E-state index >= 15 is 0 Å². The Morgan fingerprint density at radius 1 is 1.19 bits per heavy atom. The summed E-state index contributed by atoms with van der Waals surface area (Å²) in [5, 5.41) is 11.7. The first-order valence-corrected chi connectivity index (χ1v) is 5.63. The van der Waals surface area contributed by atoms with E-state index in [1.807, 2.05) is 18.2 Å². The molecule has 0 spiro atoms. The van der Waals surface area contributed by atoms with E-state index < -0.39 is 0 Å². The molecule has 0 aromatic heterocycles. The maximum atomic E-state index is 9.21. The molecule has 1 heterocycles. The molecule has 2 heteroatoms. The third kappa shape index (κ3) is 1.46. The molecule has 1 unspecified atom stereocenters. The van der Waals surface area contributed by atoms with Gasteiger partial charge in [0.05, 0.1) is 6.61 Å². The maximum absolute atomic E-state index is 9.21. The molecule has 16 heavy (non-hydrogen) atoms. The van der Waals surface area contributed by atoms with E-state index in [0.29, 0.717) is 6.61 Å². The average Bonchev–Trinajstić information content (AvgIpc) is 2.38. The molecule has 0 radical (unpaired) electrons. The van der Waals surface area contributed by atoms with Crippen LogP contribution in [-0.2, 0) is 6.42 Å². The number of aliphatic hydroxyl groups is 1. The fourth-order valence-electron chi connectivity index (χ4n) is 2.33. The smallest absolute Gasteiger partial charge is 0.123 e. The lowest BCUT2D eigenvalue weighted by atomic mass is 9.93. The van der Waals surface area contributed by atoms with Crippen molar-refractivity contribution >= 4 is 10.8 Å². The van der Waals surface area contributed by atoms with Crippen molar-refractivity contribution in [1.82, 2.24) is 0 Å². The highest BCUT2D eigenvalue weighted by Crippen LogP contribution is 2.33. The van der Waals surface area contributed by atoms with Gasteiger partial charge in [-0.25, -0.2) is 0 Å². The van der Waals surface area contributed by atoms with Gasteiger partial charge in [0.1, 0.15) is 5.75 Å². The summed E-state index contributed by atoms with van der Waals surface area (Å²) in [7, 11) is 0. The van der Waals surface area contributed by atoms with Gasteiger partial charge in [-0.2, -0.15) is 0 Å². The predicted octanol–water partition coefficient (Wildman–Crippen LogP) is 2.38. The van der Waals surface area contributed by atoms with Gasteiger partial charge in [0.2, 0.25) is 0 Å². The summed E-state index contributed by atoms with van der Waals surface area (Å²) in [6.45, 7) is 0.824. The van der Waals surface area contributed by atoms with Crippen LogP contribution in [-0.4, -0.2) is 18.3 Å². The summed E-state index contributed by atoms with van der Waals surface area (Å²) in [6.07, 6.45) is 0.910. The highest BCUT2D eigenvalue weighted by atomic mass is 16.5. The van der Waals surface area contributed by atoms with E-state index in [-0.39, 0.29) is 12.5 Å². The zero-order chi connectivity index (χ0) is 11.0. The lowest BCUT2D eigenvalue weighted by Gasteiger charge is -2.25. The van der Waals surface area contributed by atoms with Crippen molar-refractivity contribution < 1.29 is 9.84 Å². The maximum Gasteiger partial charge on any atom is 0.123 e. The number of hydrogen-bond acceptors (Lipinski definition) is 2. The molecule has 82 valence electrons. The van der Waals surface area contributed by atoms with E-state index in [9.17, 15) is 5.11 Å². The number of aliphatic hydroxyl groups excluding tert-OH is 1. The zero-order valence-electron chi connectivity index (χ0n) is 9.02. The lowest BCUT2D eigenvalue weighted by Crippen LogP contribution is -2.23. The summed E-state index contributed by atoms with van der Waals surface area (Å²) in [4.78, 5) is 0. The van der Waals surface area contributed by atoms with Crippen LogP contribution in [0.15, 0.2) is 36.4 Å². The quantitative estimate of drug-likeness (QED) is 0.789.